The van der Waals surface area contributed by atoms with Crippen molar-refractivity contribution in [3.63, 3.8) is 0 Å². The minimum Gasteiger partial charge on any atom is -0.493 e. The molecule has 3 heteroatoms. The third kappa shape index (κ3) is 2.99. The Labute approximate surface area is 141 Å². The van der Waals surface area contributed by atoms with Crippen molar-refractivity contribution in [3.8, 4) is 5.75 Å². The molecule has 1 heterocycles. The van der Waals surface area contributed by atoms with Crippen LogP contribution in [0.15, 0.2) is 12.1 Å². The van der Waals surface area contributed by atoms with Gasteiger partial charge in [-0.05, 0) is 48.3 Å². The van der Waals surface area contributed by atoms with Crippen molar-refractivity contribution in [2.75, 3.05) is 6.61 Å². The second-order valence-corrected chi connectivity index (χ2v) is 8.46. The first kappa shape index (κ1) is 15.7. The summed E-state index contributed by atoms with van der Waals surface area (Å²) in [6, 6.07) is 4.18. The highest BCUT2D eigenvalue weighted by Gasteiger charge is 2.42. The van der Waals surface area contributed by atoms with Gasteiger partial charge in [-0.2, -0.15) is 0 Å². The molecule has 0 aromatic heterocycles. The molecule has 1 aromatic carbocycles. The molecule has 1 nitrogen and oxygen atoms in total. The summed E-state index contributed by atoms with van der Waals surface area (Å²) in [5, 5.41) is 0.844. The van der Waals surface area contributed by atoms with Crippen molar-refractivity contribution in [1.29, 1.82) is 0 Å². The summed E-state index contributed by atoms with van der Waals surface area (Å²) in [6.45, 7) is 5.46. The van der Waals surface area contributed by atoms with Crippen molar-refractivity contribution < 1.29 is 4.74 Å². The molecule has 0 bridgehead atoms. The summed E-state index contributed by atoms with van der Waals surface area (Å²) in [5.74, 6) is 1.81. The van der Waals surface area contributed by atoms with E-state index in [0.29, 0.717) is 10.2 Å². The van der Waals surface area contributed by atoms with Crippen molar-refractivity contribution in [2.45, 2.75) is 57.2 Å². The number of fused-ring (bicyclic) bond motifs is 1. The predicted octanol–water partition coefficient (Wildman–Crippen LogP) is 6.32. The molecule has 1 aromatic rings. The SMILES string of the molecule is CC(C)CC1(C(Br)c2cc(Cl)cc3c2OCC3)CCCC1. The summed E-state index contributed by atoms with van der Waals surface area (Å²) >= 11 is 10.4. The van der Waals surface area contributed by atoms with E-state index in [1.165, 1.54) is 43.2 Å². The lowest BCUT2D eigenvalue weighted by molar-refractivity contribution is 0.227. The summed E-state index contributed by atoms with van der Waals surface area (Å²) in [4.78, 5) is 0.348. The van der Waals surface area contributed by atoms with Crippen molar-refractivity contribution in [2.24, 2.45) is 11.3 Å². The molecule has 0 amide bonds. The average Bonchev–Trinajstić information content (AvgIpc) is 3.05. The number of halogens is 2. The lowest BCUT2D eigenvalue weighted by Crippen LogP contribution is -2.24. The standard InChI is InChI=1S/C18H24BrClO/c1-12(2)11-18(6-3-4-7-18)17(19)15-10-14(20)9-13-5-8-21-16(13)15/h9-10,12,17H,3-8,11H2,1-2H3. The topological polar surface area (TPSA) is 9.23 Å². The van der Waals surface area contributed by atoms with Gasteiger partial charge in [-0.3, -0.25) is 0 Å². The zero-order valence-electron chi connectivity index (χ0n) is 12.9. The Morgan fingerprint density at radius 3 is 2.67 bits per heavy atom. The van der Waals surface area contributed by atoms with Gasteiger partial charge < -0.3 is 4.74 Å². The average molecular weight is 372 g/mol. The summed E-state index contributed by atoms with van der Waals surface area (Å²) in [6.07, 6.45) is 7.56. The minimum atomic E-state index is 0.348. The number of hydrogen-bond donors (Lipinski definition) is 0. The Morgan fingerprint density at radius 1 is 1.29 bits per heavy atom. The van der Waals surface area contributed by atoms with Crippen molar-refractivity contribution >= 4 is 27.5 Å². The monoisotopic (exact) mass is 370 g/mol. The fourth-order valence-corrected chi connectivity index (χ4v) is 5.50. The molecule has 1 fully saturated rings. The van der Waals surface area contributed by atoms with E-state index in [2.05, 4.69) is 41.9 Å². The van der Waals surface area contributed by atoms with Crippen LogP contribution in [0.3, 0.4) is 0 Å². The molecule has 0 spiro atoms. The second kappa shape index (κ2) is 6.12. The molecule has 0 N–H and O–H groups in total. The van der Waals surface area contributed by atoms with Crippen LogP contribution >= 0.6 is 27.5 Å². The van der Waals surface area contributed by atoms with Gasteiger partial charge in [-0.1, -0.05) is 54.2 Å². The van der Waals surface area contributed by atoms with Gasteiger partial charge in [-0.15, -0.1) is 0 Å². The number of rotatable bonds is 4. The Bertz CT molecular complexity index is 520. The Balaban J connectivity index is 1.99. The number of hydrogen-bond acceptors (Lipinski definition) is 1. The third-order valence-corrected chi connectivity index (χ3v) is 6.68. The maximum atomic E-state index is 6.35. The van der Waals surface area contributed by atoms with Gasteiger partial charge in [0.2, 0.25) is 0 Å². The highest BCUT2D eigenvalue weighted by atomic mass is 79.9. The molecule has 1 aliphatic heterocycles. The fourth-order valence-electron chi connectivity index (χ4n) is 4.27. The van der Waals surface area contributed by atoms with Gasteiger partial charge in [0, 0.05) is 21.8 Å². The molecule has 1 saturated carbocycles. The number of ether oxygens (including phenoxy) is 1. The van der Waals surface area contributed by atoms with Crippen LogP contribution < -0.4 is 4.74 Å². The minimum absolute atomic E-state index is 0.348. The summed E-state index contributed by atoms with van der Waals surface area (Å²) < 4.78 is 5.93. The number of alkyl halides is 1. The van der Waals surface area contributed by atoms with E-state index >= 15 is 0 Å². The van der Waals surface area contributed by atoms with Crippen LogP contribution in [0, 0.1) is 11.3 Å². The van der Waals surface area contributed by atoms with Gasteiger partial charge in [0.05, 0.1) is 6.61 Å². The van der Waals surface area contributed by atoms with Crippen LogP contribution in [-0.2, 0) is 6.42 Å². The smallest absolute Gasteiger partial charge is 0.127 e. The molecule has 2 aliphatic rings. The van der Waals surface area contributed by atoms with Gasteiger partial charge >= 0.3 is 0 Å². The van der Waals surface area contributed by atoms with Crippen LogP contribution in [0.1, 0.15) is 61.9 Å². The Morgan fingerprint density at radius 2 is 2.00 bits per heavy atom. The molecule has 0 saturated heterocycles. The normalized spacial score (nSPS) is 21.4. The molecule has 21 heavy (non-hydrogen) atoms. The van der Waals surface area contributed by atoms with Crippen LogP contribution in [0.25, 0.3) is 0 Å². The first-order valence-electron chi connectivity index (χ1n) is 8.11. The van der Waals surface area contributed by atoms with Crippen LogP contribution in [0.5, 0.6) is 5.75 Å². The third-order valence-electron chi connectivity index (χ3n) is 5.00. The Hall–Kier alpha value is -0.210. The molecule has 1 atom stereocenters. The zero-order chi connectivity index (χ0) is 15.0. The van der Waals surface area contributed by atoms with E-state index in [9.17, 15) is 0 Å². The molecule has 0 radical (unpaired) electrons. The van der Waals surface area contributed by atoms with Gasteiger partial charge in [-0.25, -0.2) is 0 Å². The fraction of sp³-hybridized carbons (Fsp3) is 0.667. The molecule has 1 unspecified atom stereocenters. The van der Waals surface area contributed by atoms with Gasteiger partial charge in [0.15, 0.2) is 0 Å². The van der Waals surface area contributed by atoms with E-state index in [1.54, 1.807) is 0 Å². The lowest BCUT2D eigenvalue weighted by Gasteiger charge is -2.37. The molecular formula is C18H24BrClO. The van der Waals surface area contributed by atoms with Gasteiger partial charge in [0.1, 0.15) is 5.75 Å². The summed E-state index contributed by atoms with van der Waals surface area (Å²) in [5.41, 5.74) is 2.91. The lowest BCUT2D eigenvalue weighted by atomic mass is 9.73. The molecule has 1 aliphatic carbocycles. The molecule has 3 rings (SSSR count). The Kier molecular flexibility index (Phi) is 4.57. The van der Waals surface area contributed by atoms with E-state index < -0.39 is 0 Å². The first-order chi connectivity index (χ1) is 10.0. The van der Waals surface area contributed by atoms with E-state index in [1.807, 2.05) is 0 Å². The second-order valence-electron chi connectivity index (χ2n) is 7.11. The highest BCUT2D eigenvalue weighted by molar-refractivity contribution is 9.09. The first-order valence-corrected chi connectivity index (χ1v) is 9.40. The molecule has 116 valence electrons. The molecular weight excluding hydrogens is 348 g/mol. The van der Waals surface area contributed by atoms with E-state index in [-0.39, 0.29) is 0 Å². The van der Waals surface area contributed by atoms with Crippen LogP contribution in [-0.4, -0.2) is 6.61 Å². The predicted molar refractivity (Wildman–Crippen MR) is 92.7 cm³/mol. The van der Waals surface area contributed by atoms with Gasteiger partial charge in [0.25, 0.3) is 0 Å². The number of benzene rings is 1. The van der Waals surface area contributed by atoms with E-state index in [0.717, 1.165) is 29.7 Å². The maximum Gasteiger partial charge on any atom is 0.127 e. The van der Waals surface area contributed by atoms with E-state index in [4.69, 9.17) is 16.3 Å². The zero-order valence-corrected chi connectivity index (χ0v) is 15.3. The van der Waals surface area contributed by atoms with Crippen LogP contribution in [0.2, 0.25) is 5.02 Å². The maximum absolute atomic E-state index is 6.35. The van der Waals surface area contributed by atoms with Crippen molar-refractivity contribution in [3.05, 3.63) is 28.3 Å². The van der Waals surface area contributed by atoms with Crippen LogP contribution in [0.4, 0.5) is 0 Å². The quantitative estimate of drug-likeness (QED) is 0.563. The van der Waals surface area contributed by atoms with Crippen molar-refractivity contribution in [1.82, 2.24) is 0 Å². The largest absolute Gasteiger partial charge is 0.493 e. The highest BCUT2D eigenvalue weighted by Crippen LogP contribution is 2.57. The summed E-state index contributed by atoms with van der Waals surface area (Å²) in [7, 11) is 0.